The summed E-state index contributed by atoms with van der Waals surface area (Å²) in [4.78, 5) is 26.4. The molecule has 0 bridgehead atoms. The number of methoxy groups -OCH3 is 2. The molecule has 0 saturated heterocycles. The van der Waals surface area contributed by atoms with Gasteiger partial charge in [-0.15, -0.1) is 0 Å². The number of hydrogen-bond acceptors (Lipinski definition) is 4. The molecule has 0 atom stereocenters. The summed E-state index contributed by atoms with van der Waals surface area (Å²) < 4.78 is 10.7. The number of rotatable bonds is 4. The van der Waals surface area contributed by atoms with Crippen molar-refractivity contribution in [3.63, 3.8) is 0 Å². The molecule has 1 aliphatic heterocycles. The van der Waals surface area contributed by atoms with Crippen LogP contribution in [0.5, 0.6) is 11.5 Å². The number of carbonyl (C=O) groups excluding carboxylic acids is 2. The summed E-state index contributed by atoms with van der Waals surface area (Å²) in [5.74, 6) is 0.197. The second-order valence-electron chi connectivity index (χ2n) is 6.62. The number of nitrogens with zero attached hydrogens (tertiary/aromatic N) is 1. The zero-order valence-corrected chi connectivity index (χ0v) is 15.9. The first-order valence-corrected chi connectivity index (χ1v) is 8.88. The summed E-state index contributed by atoms with van der Waals surface area (Å²) in [5, 5.41) is 2.71. The molecule has 1 heterocycles. The van der Waals surface area contributed by atoms with E-state index in [0.29, 0.717) is 37.6 Å². The Hall–Kier alpha value is -3.02. The Kier molecular flexibility index (Phi) is 5.64. The first-order valence-electron chi connectivity index (χ1n) is 8.88. The van der Waals surface area contributed by atoms with Crippen LogP contribution < -0.4 is 14.8 Å². The molecule has 142 valence electrons. The highest BCUT2D eigenvalue weighted by Gasteiger charge is 2.26. The molecule has 6 nitrogen and oxygen atoms in total. The fourth-order valence-corrected chi connectivity index (χ4v) is 3.16. The van der Waals surface area contributed by atoms with Gasteiger partial charge in [-0.1, -0.05) is 29.8 Å². The first kappa shape index (κ1) is 18.8. The minimum Gasteiger partial charge on any atom is -0.493 e. The average Bonchev–Trinajstić information content (AvgIpc) is 2.71. The molecular formula is C21H24N2O4. The Balaban J connectivity index is 1.64. The van der Waals surface area contributed by atoms with Crippen LogP contribution in [0.3, 0.4) is 0 Å². The smallest absolute Gasteiger partial charge is 0.312 e. The number of ether oxygens (including phenoxy) is 2. The van der Waals surface area contributed by atoms with Crippen LogP contribution in [0.4, 0.5) is 0 Å². The summed E-state index contributed by atoms with van der Waals surface area (Å²) in [6.45, 7) is 3.22. The van der Waals surface area contributed by atoms with E-state index >= 15 is 0 Å². The predicted molar refractivity (Wildman–Crippen MR) is 102 cm³/mol. The van der Waals surface area contributed by atoms with Crippen molar-refractivity contribution in [1.82, 2.24) is 10.2 Å². The van der Waals surface area contributed by atoms with Crippen LogP contribution in [-0.2, 0) is 29.1 Å². The highest BCUT2D eigenvalue weighted by atomic mass is 16.5. The van der Waals surface area contributed by atoms with E-state index in [-0.39, 0.29) is 0 Å². The van der Waals surface area contributed by atoms with Gasteiger partial charge in [0.05, 0.1) is 14.2 Å². The quantitative estimate of drug-likeness (QED) is 0.841. The molecule has 0 spiro atoms. The maximum absolute atomic E-state index is 12.5. The first-order chi connectivity index (χ1) is 13.0. The van der Waals surface area contributed by atoms with Crippen molar-refractivity contribution in [2.45, 2.75) is 26.4 Å². The third-order valence-corrected chi connectivity index (χ3v) is 4.77. The summed E-state index contributed by atoms with van der Waals surface area (Å²) >= 11 is 0. The van der Waals surface area contributed by atoms with Crippen LogP contribution in [0.25, 0.3) is 0 Å². The van der Waals surface area contributed by atoms with Gasteiger partial charge < -0.3 is 19.7 Å². The number of benzene rings is 2. The highest BCUT2D eigenvalue weighted by Crippen LogP contribution is 2.33. The molecule has 0 aromatic heterocycles. The van der Waals surface area contributed by atoms with Crippen molar-refractivity contribution in [3.05, 3.63) is 58.7 Å². The molecule has 0 unspecified atom stereocenters. The molecule has 27 heavy (non-hydrogen) atoms. The molecule has 0 fully saturated rings. The summed E-state index contributed by atoms with van der Waals surface area (Å²) in [6.07, 6.45) is 0.673. The molecule has 0 aliphatic carbocycles. The lowest BCUT2D eigenvalue weighted by Gasteiger charge is -2.29. The molecule has 1 aliphatic rings. The van der Waals surface area contributed by atoms with Crippen LogP contribution in [0.2, 0.25) is 0 Å². The maximum Gasteiger partial charge on any atom is 0.312 e. The molecule has 2 amide bonds. The van der Waals surface area contributed by atoms with Crippen molar-refractivity contribution >= 4 is 11.8 Å². The van der Waals surface area contributed by atoms with Gasteiger partial charge >= 0.3 is 11.8 Å². The van der Waals surface area contributed by atoms with E-state index in [0.717, 1.165) is 22.3 Å². The van der Waals surface area contributed by atoms with E-state index in [1.54, 1.807) is 19.1 Å². The van der Waals surface area contributed by atoms with Gasteiger partial charge in [-0.05, 0) is 42.2 Å². The SMILES string of the molecule is COc1cc2c(cc1OC)CN(C(=O)C(=O)NCc1ccc(C)cc1)CC2. The third kappa shape index (κ3) is 4.22. The van der Waals surface area contributed by atoms with E-state index in [9.17, 15) is 9.59 Å². The monoisotopic (exact) mass is 368 g/mol. The standard InChI is InChI=1S/C21H24N2O4/c1-14-4-6-15(7-5-14)12-22-20(24)21(25)23-9-8-16-10-18(26-2)19(27-3)11-17(16)13-23/h4-7,10-11H,8-9,12-13H2,1-3H3,(H,22,24). The lowest BCUT2D eigenvalue weighted by Crippen LogP contribution is -2.44. The molecule has 1 N–H and O–H groups in total. The largest absolute Gasteiger partial charge is 0.493 e. The zero-order valence-electron chi connectivity index (χ0n) is 15.9. The number of hydrogen-bond donors (Lipinski definition) is 1. The van der Waals surface area contributed by atoms with Crippen molar-refractivity contribution in [2.24, 2.45) is 0 Å². The predicted octanol–water partition coefficient (Wildman–Crippen LogP) is 2.21. The minimum atomic E-state index is -0.584. The van der Waals surface area contributed by atoms with Gasteiger partial charge in [0, 0.05) is 19.6 Å². The molecule has 0 saturated carbocycles. The zero-order chi connectivity index (χ0) is 19.4. The lowest BCUT2D eigenvalue weighted by molar-refractivity contribution is -0.146. The van der Waals surface area contributed by atoms with E-state index < -0.39 is 11.8 Å². The maximum atomic E-state index is 12.5. The Bertz CT molecular complexity index is 846. The van der Waals surface area contributed by atoms with Crippen LogP contribution in [0, 0.1) is 6.92 Å². The van der Waals surface area contributed by atoms with Gasteiger partial charge in [-0.2, -0.15) is 0 Å². The van der Waals surface area contributed by atoms with Gasteiger partial charge in [0.2, 0.25) is 0 Å². The normalized spacial score (nSPS) is 12.9. The molecular weight excluding hydrogens is 344 g/mol. The Morgan fingerprint density at radius 3 is 2.30 bits per heavy atom. The number of fused-ring (bicyclic) bond motifs is 1. The van der Waals surface area contributed by atoms with Gasteiger partial charge in [0.25, 0.3) is 0 Å². The third-order valence-electron chi connectivity index (χ3n) is 4.77. The second kappa shape index (κ2) is 8.12. The molecule has 2 aromatic rings. The van der Waals surface area contributed by atoms with Crippen molar-refractivity contribution in [3.8, 4) is 11.5 Å². The van der Waals surface area contributed by atoms with Crippen LogP contribution >= 0.6 is 0 Å². The van der Waals surface area contributed by atoms with Crippen molar-refractivity contribution < 1.29 is 19.1 Å². The highest BCUT2D eigenvalue weighted by molar-refractivity contribution is 6.34. The summed E-state index contributed by atoms with van der Waals surface area (Å²) in [6, 6.07) is 11.7. The minimum absolute atomic E-state index is 0.334. The van der Waals surface area contributed by atoms with Gasteiger partial charge in [0.1, 0.15) is 0 Å². The Labute approximate surface area is 159 Å². The Morgan fingerprint density at radius 2 is 1.67 bits per heavy atom. The topological polar surface area (TPSA) is 67.9 Å². The fourth-order valence-electron chi connectivity index (χ4n) is 3.16. The van der Waals surface area contributed by atoms with Crippen LogP contribution in [0.15, 0.2) is 36.4 Å². The van der Waals surface area contributed by atoms with Gasteiger partial charge in [0.15, 0.2) is 11.5 Å². The molecule has 0 radical (unpaired) electrons. The number of carbonyl (C=O) groups is 2. The van der Waals surface area contributed by atoms with Gasteiger partial charge in [-0.25, -0.2) is 0 Å². The Morgan fingerprint density at radius 1 is 1.04 bits per heavy atom. The number of nitrogens with one attached hydrogen (secondary N) is 1. The second-order valence-corrected chi connectivity index (χ2v) is 6.62. The molecule has 6 heteroatoms. The molecule has 2 aromatic carbocycles. The summed E-state index contributed by atoms with van der Waals surface area (Å²) in [7, 11) is 3.18. The van der Waals surface area contributed by atoms with Crippen LogP contribution in [0.1, 0.15) is 22.3 Å². The van der Waals surface area contributed by atoms with E-state index in [2.05, 4.69) is 5.32 Å². The van der Waals surface area contributed by atoms with Crippen LogP contribution in [-0.4, -0.2) is 37.5 Å². The van der Waals surface area contributed by atoms with E-state index in [1.807, 2.05) is 43.3 Å². The van der Waals surface area contributed by atoms with E-state index in [4.69, 9.17) is 9.47 Å². The van der Waals surface area contributed by atoms with E-state index in [1.165, 1.54) is 0 Å². The number of aryl methyl sites for hydroxylation is 1. The fraction of sp³-hybridized carbons (Fsp3) is 0.333. The van der Waals surface area contributed by atoms with Gasteiger partial charge in [-0.3, -0.25) is 9.59 Å². The lowest BCUT2D eigenvalue weighted by atomic mass is 9.98. The van der Waals surface area contributed by atoms with Crippen molar-refractivity contribution in [2.75, 3.05) is 20.8 Å². The average molecular weight is 368 g/mol. The van der Waals surface area contributed by atoms with Crippen molar-refractivity contribution in [1.29, 1.82) is 0 Å². The summed E-state index contributed by atoms with van der Waals surface area (Å²) in [5.41, 5.74) is 4.19. The molecule has 3 rings (SSSR count). The number of amides is 2.